The average molecular weight is 304 g/mol. The summed E-state index contributed by atoms with van der Waals surface area (Å²) in [5.74, 6) is 0. The highest BCUT2D eigenvalue weighted by Crippen LogP contribution is 2.24. The first-order valence-corrected chi connectivity index (χ1v) is 8.16. The van der Waals surface area contributed by atoms with Crippen molar-refractivity contribution in [3.63, 3.8) is 0 Å². The molecule has 0 heterocycles. The molecule has 4 nitrogen and oxygen atoms in total. The summed E-state index contributed by atoms with van der Waals surface area (Å²) in [5.41, 5.74) is 7.69. The SMILES string of the molecule is CC(C)(C)c1ccc(S(=O)(=O)Nc2cccc(N)c2)cc1. The zero-order chi connectivity index (χ0) is 15.7. The number of nitrogens with one attached hydrogen (secondary N) is 1. The third kappa shape index (κ3) is 3.76. The van der Waals surface area contributed by atoms with Crippen molar-refractivity contribution in [3.8, 4) is 0 Å². The number of nitrogen functional groups attached to an aromatic ring is 1. The Balaban J connectivity index is 2.28. The van der Waals surface area contributed by atoms with Crippen LogP contribution in [-0.4, -0.2) is 8.42 Å². The summed E-state index contributed by atoms with van der Waals surface area (Å²) in [6.45, 7) is 6.25. The van der Waals surface area contributed by atoms with Crippen LogP contribution in [0.4, 0.5) is 11.4 Å². The van der Waals surface area contributed by atoms with E-state index in [1.54, 1.807) is 36.4 Å². The lowest BCUT2D eigenvalue weighted by atomic mass is 9.87. The van der Waals surface area contributed by atoms with Crippen LogP contribution in [-0.2, 0) is 15.4 Å². The summed E-state index contributed by atoms with van der Waals surface area (Å²) >= 11 is 0. The van der Waals surface area contributed by atoms with Crippen molar-refractivity contribution < 1.29 is 8.42 Å². The summed E-state index contributed by atoms with van der Waals surface area (Å²) in [7, 11) is -3.60. The van der Waals surface area contributed by atoms with Gasteiger partial charge in [-0.3, -0.25) is 4.72 Å². The van der Waals surface area contributed by atoms with Crippen LogP contribution in [0, 0.1) is 0 Å². The Labute approximate surface area is 126 Å². The molecule has 0 amide bonds. The Bertz CT molecular complexity index is 730. The fourth-order valence-electron chi connectivity index (χ4n) is 1.95. The molecule has 0 saturated heterocycles. The normalized spacial score (nSPS) is 12.1. The second kappa shape index (κ2) is 5.41. The summed E-state index contributed by atoms with van der Waals surface area (Å²) in [5, 5.41) is 0. The van der Waals surface area contributed by atoms with Gasteiger partial charge in [-0.15, -0.1) is 0 Å². The molecule has 0 saturated carbocycles. The lowest BCUT2D eigenvalue weighted by Gasteiger charge is -2.19. The molecule has 2 aromatic carbocycles. The summed E-state index contributed by atoms with van der Waals surface area (Å²) in [6.07, 6.45) is 0. The van der Waals surface area contributed by atoms with E-state index in [-0.39, 0.29) is 10.3 Å². The number of hydrogen-bond donors (Lipinski definition) is 2. The fourth-order valence-corrected chi connectivity index (χ4v) is 3.00. The topological polar surface area (TPSA) is 72.2 Å². The van der Waals surface area contributed by atoms with Crippen molar-refractivity contribution in [2.75, 3.05) is 10.5 Å². The maximum atomic E-state index is 12.3. The number of rotatable bonds is 3. The zero-order valence-electron chi connectivity index (χ0n) is 12.4. The van der Waals surface area contributed by atoms with Crippen LogP contribution in [0.1, 0.15) is 26.3 Å². The summed E-state index contributed by atoms with van der Waals surface area (Å²) in [6, 6.07) is 13.6. The molecule has 0 unspecified atom stereocenters. The lowest BCUT2D eigenvalue weighted by Crippen LogP contribution is -2.15. The van der Waals surface area contributed by atoms with Gasteiger partial charge in [-0.25, -0.2) is 8.42 Å². The zero-order valence-corrected chi connectivity index (χ0v) is 13.2. The van der Waals surface area contributed by atoms with Gasteiger partial charge in [0.1, 0.15) is 0 Å². The maximum absolute atomic E-state index is 12.3. The molecule has 3 N–H and O–H groups in total. The molecule has 21 heavy (non-hydrogen) atoms. The van der Waals surface area contributed by atoms with E-state index in [2.05, 4.69) is 25.5 Å². The van der Waals surface area contributed by atoms with Crippen LogP contribution >= 0.6 is 0 Å². The van der Waals surface area contributed by atoms with Gasteiger partial charge in [0.15, 0.2) is 0 Å². The molecule has 0 aliphatic rings. The highest BCUT2D eigenvalue weighted by molar-refractivity contribution is 7.92. The molecule has 0 radical (unpaired) electrons. The molecular weight excluding hydrogens is 284 g/mol. The average Bonchev–Trinajstić information content (AvgIpc) is 2.37. The molecule has 0 fully saturated rings. The summed E-state index contributed by atoms with van der Waals surface area (Å²) in [4.78, 5) is 0.234. The molecule has 0 aromatic heterocycles. The van der Waals surface area contributed by atoms with Gasteiger partial charge in [0.25, 0.3) is 10.0 Å². The monoisotopic (exact) mass is 304 g/mol. The van der Waals surface area contributed by atoms with E-state index in [9.17, 15) is 8.42 Å². The number of nitrogens with two attached hydrogens (primary N) is 1. The van der Waals surface area contributed by atoms with Crippen molar-refractivity contribution in [1.29, 1.82) is 0 Å². The van der Waals surface area contributed by atoms with E-state index in [0.717, 1.165) is 5.56 Å². The minimum atomic E-state index is -3.60. The van der Waals surface area contributed by atoms with Gasteiger partial charge in [0.2, 0.25) is 0 Å². The van der Waals surface area contributed by atoms with Gasteiger partial charge in [0.05, 0.1) is 10.6 Å². The Morgan fingerprint density at radius 1 is 1.00 bits per heavy atom. The van der Waals surface area contributed by atoms with Crippen LogP contribution in [0.3, 0.4) is 0 Å². The van der Waals surface area contributed by atoms with E-state index in [4.69, 9.17) is 5.73 Å². The minimum Gasteiger partial charge on any atom is -0.399 e. The highest BCUT2D eigenvalue weighted by Gasteiger charge is 2.17. The molecule has 112 valence electrons. The molecule has 2 aromatic rings. The van der Waals surface area contributed by atoms with E-state index in [1.807, 2.05) is 12.1 Å². The van der Waals surface area contributed by atoms with Crippen molar-refractivity contribution >= 4 is 21.4 Å². The minimum absolute atomic E-state index is 0.0103. The van der Waals surface area contributed by atoms with Crippen molar-refractivity contribution in [3.05, 3.63) is 54.1 Å². The van der Waals surface area contributed by atoms with E-state index in [1.165, 1.54) is 0 Å². The first kappa shape index (κ1) is 15.4. The van der Waals surface area contributed by atoms with Crippen molar-refractivity contribution in [2.24, 2.45) is 0 Å². The maximum Gasteiger partial charge on any atom is 0.261 e. The van der Waals surface area contributed by atoms with E-state index < -0.39 is 10.0 Å². The Hall–Kier alpha value is -2.01. The van der Waals surface area contributed by atoms with Crippen LogP contribution < -0.4 is 10.5 Å². The lowest BCUT2D eigenvalue weighted by molar-refractivity contribution is 0.587. The third-order valence-electron chi connectivity index (χ3n) is 3.17. The van der Waals surface area contributed by atoms with E-state index in [0.29, 0.717) is 11.4 Å². The molecule has 0 aliphatic heterocycles. The standard InChI is InChI=1S/C16H20N2O2S/c1-16(2,3)12-7-9-15(10-8-12)21(19,20)18-14-6-4-5-13(17)11-14/h4-11,18H,17H2,1-3H3. The Morgan fingerprint density at radius 2 is 1.62 bits per heavy atom. The molecule has 2 rings (SSSR count). The predicted octanol–water partition coefficient (Wildman–Crippen LogP) is 3.37. The number of sulfonamides is 1. The van der Waals surface area contributed by atoms with Gasteiger partial charge in [-0.1, -0.05) is 39.0 Å². The molecule has 0 atom stereocenters. The Kier molecular flexibility index (Phi) is 3.96. The molecular formula is C16H20N2O2S. The van der Waals surface area contributed by atoms with Gasteiger partial charge in [-0.2, -0.15) is 0 Å². The van der Waals surface area contributed by atoms with Crippen LogP contribution in [0.15, 0.2) is 53.4 Å². The van der Waals surface area contributed by atoms with Crippen molar-refractivity contribution in [1.82, 2.24) is 0 Å². The second-order valence-corrected chi connectivity index (χ2v) is 7.69. The molecule has 5 heteroatoms. The number of benzene rings is 2. The van der Waals surface area contributed by atoms with E-state index >= 15 is 0 Å². The van der Waals surface area contributed by atoms with Gasteiger partial charge < -0.3 is 5.73 Å². The van der Waals surface area contributed by atoms with Crippen LogP contribution in [0.2, 0.25) is 0 Å². The molecule has 0 aliphatic carbocycles. The Morgan fingerprint density at radius 3 is 2.14 bits per heavy atom. The number of anilines is 2. The fraction of sp³-hybridized carbons (Fsp3) is 0.250. The summed E-state index contributed by atoms with van der Waals surface area (Å²) < 4.78 is 27.2. The smallest absolute Gasteiger partial charge is 0.261 e. The second-order valence-electron chi connectivity index (χ2n) is 6.01. The van der Waals surface area contributed by atoms with Crippen LogP contribution in [0.25, 0.3) is 0 Å². The van der Waals surface area contributed by atoms with Gasteiger partial charge in [0, 0.05) is 5.69 Å². The predicted molar refractivity (Wildman–Crippen MR) is 86.8 cm³/mol. The van der Waals surface area contributed by atoms with Crippen molar-refractivity contribution in [2.45, 2.75) is 31.1 Å². The highest BCUT2D eigenvalue weighted by atomic mass is 32.2. The van der Waals surface area contributed by atoms with Gasteiger partial charge >= 0.3 is 0 Å². The third-order valence-corrected chi connectivity index (χ3v) is 4.57. The van der Waals surface area contributed by atoms with Crippen LogP contribution in [0.5, 0.6) is 0 Å². The largest absolute Gasteiger partial charge is 0.399 e. The van der Waals surface area contributed by atoms with Gasteiger partial charge in [-0.05, 0) is 41.3 Å². The first-order chi connectivity index (χ1) is 9.68. The molecule has 0 bridgehead atoms. The molecule has 0 spiro atoms. The number of hydrogen-bond acceptors (Lipinski definition) is 3. The quantitative estimate of drug-likeness (QED) is 0.854. The first-order valence-electron chi connectivity index (χ1n) is 6.67.